The topological polar surface area (TPSA) is 30.2 Å². The van der Waals surface area contributed by atoms with Crippen molar-refractivity contribution in [3.05, 3.63) is 60.8 Å². The van der Waals surface area contributed by atoms with Gasteiger partial charge in [-0.2, -0.15) is 0 Å². The number of aromatic nitrogens is 1. The van der Waals surface area contributed by atoms with Crippen molar-refractivity contribution in [3.63, 3.8) is 0 Å². The Morgan fingerprint density at radius 1 is 1.04 bits per heavy atom. The first kappa shape index (κ1) is 15.9. The molecule has 3 aromatic rings. The molecule has 0 saturated carbocycles. The summed E-state index contributed by atoms with van der Waals surface area (Å²) < 4.78 is 8.28. The molecule has 1 atom stereocenters. The first-order valence-electron chi connectivity index (χ1n) is 8.83. The fraction of sp³-hybridized carbons (Fsp3) is 0.238. The second-order valence-electron chi connectivity index (χ2n) is 8.07. The van der Waals surface area contributed by atoms with E-state index in [2.05, 4.69) is 49.5 Å². The zero-order valence-electron chi connectivity index (χ0n) is 15.0. The Morgan fingerprint density at radius 2 is 1.76 bits per heavy atom. The van der Waals surface area contributed by atoms with Crippen LogP contribution in [-0.2, 0) is 4.79 Å². The summed E-state index contributed by atoms with van der Waals surface area (Å²) in [7, 11) is -1.62. The lowest BCUT2D eigenvalue weighted by atomic mass is 9.68. The van der Waals surface area contributed by atoms with Gasteiger partial charge in [-0.05, 0) is 35.4 Å². The summed E-state index contributed by atoms with van der Waals surface area (Å²) in [5.41, 5.74) is 2.26. The van der Waals surface area contributed by atoms with E-state index in [4.69, 9.17) is 4.65 Å². The molecule has 0 aliphatic carbocycles. The lowest BCUT2D eigenvalue weighted by Crippen LogP contribution is -2.63. The first-order valence-corrected chi connectivity index (χ1v) is 8.83. The highest BCUT2D eigenvalue weighted by atomic mass is 16.5. The van der Waals surface area contributed by atoms with Gasteiger partial charge >= 0.3 is 7.05 Å². The lowest BCUT2D eigenvalue weighted by Gasteiger charge is -2.32. The number of carbonyl (C=O) groups excluding carboxylic acids is 1. The van der Waals surface area contributed by atoms with Crippen LogP contribution in [0.1, 0.15) is 27.2 Å². The minimum atomic E-state index is -1.62. The van der Waals surface area contributed by atoms with Gasteiger partial charge in [-0.15, -0.1) is 0 Å². The van der Waals surface area contributed by atoms with Crippen molar-refractivity contribution in [1.82, 2.24) is 0 Å². The zero-order valence-corrected chi connectivity index (χ0v) is 15.0. The Balaban J connectivity index is 1.94. The van der Waals surface area contributed by atoms with Crippen molar-refractivity contribution in [2.45, 2.75) is 27.2 Å². The van der Waals surface area contributed by atoms with Crippen LogP contribution in [0.4, 0.5) is 0 Å². The smallest absolute Gasteiger partial charge is 0.507 e. The molecule has 0 N–H and O–H groups in total. The second-order valence-corrected chi connectivity index (χ2v) is 8.07. The van der Waals surface area contributed by atoms with Crippen LogP contribution >= 0.6 is 0 Å². The van der Waals surface area contributed by atoms with Crippen LogP contribution in [-0.4, -0.2) is 12.7 Å². The van der Waals surface area contributed by atoms with E-state index >= 15 is 0 Å². The molecule has 3 nitrogen and oxygen atoms in total. The number of nitrogens with zero attached hydrogens (tertiary/aromatic N) is 1. The molecule has 25 heavy (non-hydrogen) atoms. The molecule has 2 heterocycles. The van der Waals surface area contributed by atoms with Gasteiger partial charge in [0.2, 0.25) is 0 Å². The summed E-state index contributed by atoms with van der Waals surface area (Å²) in [5, 5.41) is 2.33. The standard InChI is InChI=1S/C21H22BNO2/c1-21(2,3)14-19(24)22-23-13-12-15-8-4-5-9-16(15)20(23)17-10-6-7-11-18(17)25-22/h4-13,22H,14H2,1-3H3. The molecular weight excluding hydrogens is 309 g/mol. The maximum Gasteiger partial charge on any atom is 0.507 e. The SMILES string of the molecule is CC(C)(C)CC(=O)[BH-]1Oc2ccccc2-c2c3ccccc3cc[n+]21. The minimum absolute atomic E-state index is 0.0536. The van der Waals surface area contributed by atoms with Crippen LogP contribution < -0.4 is 9.13 Å². The van der Waals surface area contributed by atoms with Gasteiger partial charge in [0.25, 0.3) is 0 Å². The molecule has 0 fully saturated rings. The van der Waals surface area contributed by atoms with Crippen molar-refractivity contribution in [3.8, 4) is 17.0 Å². The highest BCUT2D eigenvalue weighted by Gasteiger charge is 2.36. The number of carbonyl (C=O) groups is 1. The van der Waals surface area contributed by atoms with Crippen molar-refractivity contribution < 1.29 is 13.9 Å². The van der Waals surface area contributed by atoms with Gasteiger partial charge < -0.3 is 13.9 Å². The Labute approximate surface area is 148 Å². The number of benzene rings is 2. The number of hydrogen-bond acceptors (Lipinski definition) is 2. The summed E-state index contributed by atoms with van der Waals surface area (Å²) in [6, 6.07) is 18.4. The summed E-state index contributed by atoms with van der Waals surface area (Å²) >= 11 is 0. The molecule has 2 aromatic carbocycles. The van der Waals surface area contributed by atoms with Gasteiger partial charge in [0.15, 0.2) is 5.69 Å². The van der Waals surface area contributed by atoms with Crippen LogP contribution in [0.2, 0.25) is 0 Å². The van der Waals surface area contributed by atoms with Gasteiger partial charge in [0, 0.05) is 11.5 Å². The maximum absolute atomic E-state index is 13.0. The highest BCUT2D eigenvalue weighted by Crippen LogP contribution is 2.35. The average molecular weight is 331 g/mol. The van der Waals surface area contributed by atoms with Crippen LogP contribution in [0.15, 0.2) is 60.8 Å². The predicted octanol–water partition coefficient (Wildman–Crippen LogP) is 3.80. The molecule has 126 valence electrons. The summed E-state index contributed by atoms with van der Waals surface area (Å²) in [6.45, 7) is 6.27. The van der Waals surface area contributed by atoms with Gasteiger partial charge in [0.05, 0.1) is 17.0 Å². The first-order chi connectivity index (χ1) is 11.9. The normalized spacial score (nSPS) is 16.0. The molecule has 1 aromatic heterocycles. The summed E-state index contributed by atoms with van der Waals surface area (Å²) in [5.74, 6) is 0.807. The van der Waals surface area contributed by atoms with Crippen LogP contribution in [0.5, 0.6) is 5.75 Å². The maximum atomic E-state index is 13.0. The Hall–Kier alpha value is -2.62. The van der Waals surface area contributed by atoms with E-state index in [1.165, 1.54) is 5.39 Å². The number of hydrogen-bond donors (Lipinski definition) is 0. The van der Waals surface area contributed by atoms with E-state index in [-0.39, 0.29) is 11.1 Å². The highest BCUT2D eigenvalue weighted by molar-refractivity contribution is 6.79. The van der Waals surface area contributed by atoms with E-state index in [0.29, 0.717) is 6.42 Å². The largest absolute Gasteiger partial charge is 0.655 e. The third-order valence-corrected chi connectivity index (χ3v) is 4.75. The number of fused-ring (bicyclic) bond motifs is 5. The van der Waals surface area contributed by atoms with Crippen LogP contribution in [0.25, 0.3) is 22.0 Å². The molecule has 0 spiro atoms. The van der Waals surface area contributed by atoms with Crippen molar-refractivity contribution in [2.24, 2.45) is 5.41 Å². The van der Waals surface area contributed by atoms with E-state index in [0.717, 1.165) is 22.4 Å². The van der Waals surface area contributed by atoms with Crippen LogP contribution in [0, 0.1) is 5.41 Å². The third kappa shape index (κ3) is 2.82. The molecule has 4 heteroatoms. The fourth-order valence-corrected chi connectivity index (χ4v) is 3.77. The monoisotopic (exact) mass is 331 g/mol. The van der Waals surface area contributed by atoms with Gasteiger partial charge in [-0.1, -0.05) is 51.1 Å². The lowest BCUT2D eigenvalue weighted by molar-refractivity contribution is -0.533. The summed E-state index contributed by atoms with van der Waals surface area (Å²) in [6.07, 6.45) is 2.52. The van der Waals surface area contributed by atoms with Crippen molar-refractivity contribution in [2.75, 3.05) is 0 Å². The molecular formula is C21H22BNO2. The van der Waals surface area contributed by atoms with Crippen molar-refractivity contribution in [1.29, 1.82) is 0 Å². The number of para-hydroxylation sites is 1. The van der Waals surface area contributed by atoms with E-state index in [1.54, 1.807) is 0 Å². The van der Waals surface area contributed by atoms with Gasteiger partial charge in [-0.3, -0.25) is 0 Å². The predicted molar refractivity (Wildman–Crippen MR) is 102 cm³/mol. The summed E-state index contributed by atoms with van der Waals surface area (Å²) in [4.78, 5) is 13.0. The Bertz CT molecular complexity index is 975. The van der Waals surface area contributed by atoms with Crippen LogP contribution in [0.3, 0.4) is 0 Å². The molecule has 1 aliphatic heterocycles. The quantitative estimate of drug-likeness (QED) is 0.669. The second kappa shape index (κ2) is 5.73. The van der Waals surface area contributed by atoms with E-state index < -0.39 is 7.05 Å². The Kier molecular flexibility index (Phi) is 3.64. The van der Waals surface area contributed by atoms with Crippen molar-refractivity contribution >= 4 is 23.5 Å². The molecule has 1 unspecified atom stereocenters. The Morgan fingerprint density at radius 3 is 2.56 bits per heavy atom. The minimum Gasteiger partial charge on any atom is -0.655 e. The van der Waals surface area contributed by atoms with Gasteiger partial charge in [-0.25, -0.2) is 0 Å². The fourth-order valence-electron chi connectivity index (χ4n) is 3.77. The van der Waals surface area contributed by atoms with Gasteiger partial charge in [0.1, 0.15) is 6.20 Å². The molecule has 4 rings (SSSR count). The van der Waals surface area contributed by atoms with E-state index in [1.807, 2.05) is 36.5 Å². The van der Waals surface area contributed by atoms with E-state index in [9.17, 15) is 4.79 Å². The molecule has 0 radical (unpaired) electrons. The molecule has 0 amide bonds. The zero-order chi connectivity index (χ0) is 17.6. The average Bonchev–Trinajstić information content (AvgIpc) is 2.59. The third-order valence-electron chi connectivity index (χ3n) is 4.75. The molecule has 1 aliphatic rings. The number of rotatable bonds is 2. The number of pyridine rings is 1. The molecule has 0 bridgehead atoms. The molecule has 0 saturated heterocycles.